The van der Waals surface area contributed by atoms with Gasteiger partial charge in [-0.3, -0.25) is 0 Å². The van der Waals surface area contributed by atoms with Crippen molar-refractivity contribution in [1.29, 1.82) is 0 Å². The molecule has 1 N–H and O–H groups in total. The van der Waals surface area contributed by atoms with E-state index in [2.05, 4.69) is 37.1 Å². The molecule has 0 saturated carbocycles. The molecule has 1 atom stereocenters. The summed E-state index contributed by atoms with van der Waals surface area (Å²) in [5.74, 6) is -0.140. The van der Waals surface area contributed by atoms with Crippen LogP contribution in [-0.4, -0.2) is 24.7 Å². The Morgan fingerprint density at radius 2 is 2.00 bits per heavy atom. The van der Waals surface area contributed by atoms with E-state index >= 15 is 0 Å². The van der Waals surface area contributed by atoms with Gasteiger partial charge in [0.1, 0.15) is 5.82 Å². The second-order valence-corrected chi connectivity index (χ2v) is 5.83. The van der Waals surface area contributed by atoms with E-state index in [0.717, 1.165) is 37.2 Å². The molecule has 1 unspecified atom stereocenters. The van der Waals surface area contributed by atoms with E-state index in [4.69, 9.17) is 0 Å². The van der Waals surface area contributed by atoms with Gasteiger partial charge in [-0.2, -0.15) is 0 Å². The van der Waals surface area contributed by atoms with Crippen LogP contribution in [-0.2, 0) is 0 Å². The van der Waals surface area contributed by atoms with Gasteiger partial charge in [-0.05, 0) is 50.5 Å². The van der Waals surface area contributed by atoms with Crippen molar-refractivity contribution in [2.75, 3.05) is 18.0 Å². The fourth-order valence-electron chi connectivity index (χ4n) is 2.96. The Bertz CT molecular complexity index is 420. The topological polar surface area (TPSA) is 15.3 Å². The Morgan fingerprint density at radius 1 is 1.32 bits per heavy atom. The normalized spacial score (nSPS) is 22.6. The molecule has 0 radical (unpaired) electrons. The van der Waals surface area contributed by atoms with Crippen LogP contribution in [0.25, 0.3) is 0 Å². The van der Waals surface area contributed by atoms with Crippen molar-refractivity contribution >= 4 is 5.69 Å². The molecule has 1 fully saturated rings. The first-order valence-corrected chi connectivity index (χ1v) is 7.28. The van der Waals surface area contributed by atoms with Crippen LogP contribution in [0.5, 0.6) is 0 Å². The van der Waals surface area contributed by atoms with Gasteiger partial charge >= 0.3 is 0 Å². The zero-order valence-corrected chi connectivity index (χ0v) is 12.5. The summed E-state index contributed by atoms with van der Waals surface area (Å²) in [4.78, 5) is 2.35. The molecule has 3 heteroatoms. The van der Waals surface area contributed by atoms with Gasteiger partial charge in [-0.25, -0.2) is 4.39 Å². The molecule has 0 amide bonds. The molecule has 19 heavy (non-hydrogen) atoms. The maximum absolute atomic E-state index is 13.6. The monoisotopic (exact) mass is 264 g/mol. The number of nitrogens with zero attached hydrogens (tertiary/aromatic N) is 1. The van der Waals surface area contributed by atoms with Crippen LogP contribution in [0.4, 0.5) is 10.1 Å². The van der Waals surface area contributed by atoms with E-state index in [1.807, 2.05) is 6.92 Å². The smallest absolute Gasteiger partial charge is 0.125 e. The summed E-state index contributed by atoms with van der Waals surface area (Å²) in [5, 5.41) is 3.68. The number of halogens is 1. The molecule has 0 aromatic heterocycles. The SMILES string of the molecule is CCC1(CC)CN(c2cc(C)cc(F)c2)C(C)CN1. The molecule has 2 rings (SSSR count). The van der Waals surface area contributed by atoms with Crippen LogP contribution in [0, 0.1) is 12.7 Å². The zero-order chi connectivity index (χ0) is 14.0. The van der Waals surface area contributed by atoms with Gasteiger partial charge < -0.3 is 10.2 Å². The summed E-state index contributed by atoms with van der Waals surface area (Å²) in [6, 6.07) is 5.72. The predicted octanol–water partition coefficient (Wildman–Crippen LogP) is 3.49. The number of hydrogen-bond acceptors (Lipinski definition) is 2. The highest BCUT2D eigenvalue weighted by Gasteiger charge is 2.35. The first-order chi connectivity index (χ1) is 8.99. The third-order valence-electron chi connectivity index (χ3n) is 4.49. The van der Waals surface area contributed by atoms with Crippen LogP contribution in [0.15, 0.2) is 18.2 Å². The van der Waals surface area contributed by atoms with Crippen molar-refractivity contribution in [3.63, 3.8) is 0 Å². The third kappa shape index (κ3) is 2.92. The predicted molar refractivity (Wildman–Crippen MR) is 79.3 cm³/mol. The molecule has 106 valence electrons. The number of rotatable bonds is 3. The Kier molecular flexibility index (Phi) is 4.14. The summed E-state index contributed by atoms with van der Waals surface area (Å²) < 4.78 is 13.6. The Labute approximate surface area is 116 Å². The lowest BCUT2D eigenvalue weighted by Gasteiger charge is -2.47. The highest BCUT2D eigenvalue weighted by Crippen LogP contribution is 2.28. The standard InChI is InChI=1S/C16H25FN2/c1-5-16(6-2)11-19(13(4)10-18-16)15-8-12(3)7-14(17)9-15/h7-9,13,18H,5-6,10-11H2,1-4H3. The number of hydrogen-bond donors (Lipinski definition) is 1. The summed E-state index contributed by atoms with van der Waals surface area (Å²) in [6.45, 7) is 10.5. The molecule has 1 aromatic carbocycles. The molecule has 1 aromatic rings. The lowest BCUT2D eigenvalue weighted by molar-refractivity contribution is 0.253. The average molecular weight is 264 g/mol. The first kappa shape index (κ1) is 14.3. The van der Waals surface area contributed by atoms with E-state index in [9.17, 15) is 4.39 Å². The van der Waals surface area contributed by atoms with Gasteiger partial charge in [-0.15, -0.1) is 0 Å². The summed E-state index contributed by atoms with van der Waals surface area (Å²) in [6.07, 6.45) is 2.20. The van der Waals surface area contributed by atoms with E-state index < -0.39 is 0 Å². The number of benzene rings is 1. The highest BCUT2D eigenvalue weighted by atomic mass is 19.1. The fourth-order valence-corrected chi connectivity index (χ4v) is 2.96. The minimum Gasteiger partial charge on any atom is -0.366 e. The van der Waals surface area contributed by atoms with E-state index in [1.165, 1.54) is 0 Å². The van der Waals surface area contributed by atoms with Crippen molar-refractivity contribution in [2.24, 2.45) is 0 Å². The van der Waals surface area contributed by atoms with Crippen LogP contribution in [0.1, 0.15) is 39.2 Å². The lowest BCUT2D eigenvalue weighted by atomic mass is 9.88. The quantitative estimate of drug-likeness (QED) is 0.899. The molecule has 0 aliphatic carbocycles. The number of anilines is 1. The Balaban J connectivity index is 2.30. The van der Waals surface area contributed by atoms with Gasteiger partial charge in [0.2, 0.25) is 0 Å². The van der Waals surface area contributed by atoms with Gasteiger partial charge in [-0.1, -0.05) is 13.8 Å². The number of piperazine rings is 1. The Morgan fingerprint density at radius 3 is 2.58 bits per heavy atom. The van der Waals surface area contributed by atoms with E-state index in [-0.39, 0.29) is 11.4 Å². The minimum absolute atomic E-state index is 0.140. The van der Waals surface area contributed by atoms with Crippen LogP contribution in [0.2, 0.25) is 0 Å². The lowest BCUT2D eigenvalue weighted by Crippen LogP contribution is -2.63. The van der Waals surface area contributed by atoms with Gasteiger partial charge in [0.15, 0.2) is 0 Å². The zero-order valence-electron chi connectivity index (χ0n) is 12.5. The van der Waals surface area contributed by atoms with Crippen molar-refractivity contribution in [3.05, 3.63) is 29.6 Å². The molecular formula is C16H25FN2. The first-order valence-electron chi connectivity index (χ1n) is 7.28. The van der Waals surface area contributed by atoms with Crippen molar-refractivity contribution in [1.82, 2.24) is 5.32 Å². The number of aryl methyl sites for hydroxylation is 1. The molecule has 0 spiro atoms. The van der Waals surface area contributed by atoms with E-state index in [0.29, 0.717) is 6.04 Å². The van der Waals surface area contributed by atoms with Crippen LogP contribution < -0.4 is 10.2 Å². The number of nitrogens with one attached hydrogen (secondary N) is 1. The molecule has 1 saturated heterocycles. The van der Waals surface area contributed by atoms with Crippen LogP contribution >= 0.6 is 0 Å². The van der Waals surface area contributed by atoms with E-state index in [1.54, 1.807) is 12.1 Å². The molecule has 1 heterocycles. The largest absolute Gasteiger partial charge is 0.366 e. The van der Waals surface area contributed by atoms with Gasteiger partial charge in [0, 0.05) is 30.4 Å². The van der Waals surface area contributed by atoms with Crippen molar-refractivity contribution in [3.8, 4) is 0 Å². The third-order valence-corrected chi connectivity index (χ3v) is 4.49. The second-order valence-electron chi connectivity index (χ2n) is 5.83. The van der Waals surface area contributed by atoms with Crippen LogP contribution in [0.3, 0.4) is 0 Å². The van der Waals surface area contributed by atoms with Crippen molar-refractivity contribution < 1.29 is 4.39 Å². The maximum atomic E-state index is 13.6. The van der Waals surface area contributed by atoms with Gasteiger partial charge in [0.05, 0.1) is 0 Å². The summed E-state index contributed by atoms with van der Waals surface area (Å²) in [7, 11) is 0. The molecular weight excluding hydrogens is 239 g/mol. The fraction of sp³-hybridized carbons (Fsp3) is 0.625. The summed E-state index contributed by atoms with van der Waals surface area (Å²) >= 11 is 0. The minimum atomic E-state index is -0.140. The van der Waals surface area contributed by atoms with Gasteiger partial charge in [0.25, 0.3) is 0 Å². The van der Waals surface area contributed by atoms with Crippen molar-refractivity contribution in [2.45, 2.75) is 52.1 Å². The molecule has 2 nitrogen and oxygen atoms in total. The summed E-state index contributed by atoms with van der Waals surface area (Å²) in [5.41, 5.74) is 2.16. The molecule has 0 bridgehead atoms. The highest BCUT2D eigenvalue weighted by molar-refractivity contribution is 5.51. The molecule has 1 aliphatic rings. The average Bonchev–Trinajstić information content (AvgIpc) is 2.39. The second kappa shape index (κ2) is 5.49. The maximum Gasteiger partial charge on any atom is 0.125 e. The molecule has 1 aliphatic heterocycles. The Hall–Kier alpha value is -1.09.